The second-order valence-electron chi connectivity index (χ2n) is 12.3. The van der Waals surface area contributed by atoms with E-state index in [2.05, 4.69) is 9.97 Å². The van der Waals surface area contributed by atoms with Crippen molar-refractivity contribution in [3.63, 3.8) is 0 Å². The van der Waals surface area contributed by atoms with E-state index in [1.165, 1.54) is 4.90 Å². The van der Waals surface area contributed by atoms with Crippen molar-refractivity contribution in [1.82, 2.24) is 9.97 Å². The number of hydrogen-bond acceptors (Lipinski definition) is 9. The number of hydrogen-bond donors (Lipinski definition) is 3. The minimum atomic E-state index is -1.33. The third kappa shape index (κ3) is 8.45. The molecule has 48 heavy (non-hydrogen) atoms. The third-order valence-corrected chi connectivity index (χ3v) is 8.08. The first-order valence-corrected chi connectivity index (χ1v) is 16.0. The van der Waals surface area contributed by atoms with Crippen LogP contribution >= 0.6 is 11.3 Å². The number of anilines is 2. The van der Waals surface area contributed by atoms with Crippen LogP contribution in [0.25, 0.3) is 11.3 Å². The number of rotatable bonds is 11. The summed E-state index contributed by atoms with van der Waals surface area (Å²) in [6.07, 6.45) is -1.43. The number of thiazole rings is 1. The second-order valence-corrected chi connectivity index (χ2v) is 13.4. The van der Waals surface area contributed by atoms with Gasteiger partial charge in [0.25, 0.3) is 5.78 Å². The highest BCUT2D eigenvalue weighted by molar-refractivity contribution is 7.09. The van der Waals surface area contributed by atoms with E-state index in [4.69, 9.17) is 14.2 Å². The fourth-order valence-electron chi connectivity index (χ4n) is 4.69. The minimum Gasteiger partial charge on any atom is -0.494 e. The van der Waals surface area contributed by atoms with Gasteiger partial charge >= 0.3 is 17.3 Å². The molecule has 2 aromatic heterocycles. The van der Waals surface area contributed by atoms with Gasteiger partial charge in [0.1, 0.15) is 17.1 Å². The van der Waals surface area contributed by atoms with Gasteiger partial charge in [-0.3, -0.25) is 19.5 Å². The summed E-state index contributed by atoms with van der Waals surface area (Å²) in [5, 5.41) is 9.94. The van der Waals surface area contributed by atoms with E-state index < -0.39 is 23.8 Å². The standard InChI is InChI=1S/C36H38N4O7S/c1-36(2,3)47-35(44)40(6)24-14-12-23(13-15-24)28-18-19-29(37-28)31(41)33(46-27-9-7-8-25(21-27)39(4)5)45-26-16-10-22(11-17-26)20-30-32(42)38-34(43)48-30/h7-19,21,33,37,42H,20H2,1-6H3,(H,38,43). The molecule has 11 nitrogen and oxygen atoms in total. The molecule has 1 amide bonds. The maximum atomic E-state index is 13.9. The second kappa shape index (κ2) is 14.1. The topological polar surface area (TPSA) is 137 Å². The van der Waals surface area contributed by atoms with E-state index in [-0.39, 0.29) is 16.4 Å². The molecule has 0 aliphatic heterocycles. The van der Waals surface area contributed by atoms with Crippen molar-refractivity contribution in [2.45, 2.75) is 39.1 Å². The molecule has 250 valence electrons. The Morgan fingerprint density at radius 3 is 2.17 bits per heavy atom. The highest BCUT2D eigenvalue weighted by Gasteiger charge is 2.27. The predicted octanol–water partition coefficient (Wildman–Crippen LogP) is 6.83. The predicted molar refractivity (Wildman–Crippen MR) is 187 cm³/mol. The molecule has 0 fully saturated rings. The van der Waals surface area contributed by atoms with Gasteiger partial charge in [-0.05, 0) is 80.4 Å². The molecule has 3 N–H and O–H groups in total. The van der Waals surface area contributed by atoms with Crippen LogP contribution in [0.15, 0.2) is 89.7 Å². The molecule has 5 aromatic rings. The van der Waals surface area contributed by atoms with Crippen LogP contribution in [0.1, 0.15) is 41.7 Å². The summed E-state index contributed by atoms with van der Waals surface area (Å²) in [6, 6.07) is 25.1. The van der Waals surface area contributed by atoms with Crippen molar-refractivity contribution in [1.29, 1.82) is 0 Å². The lowest BCUT2D eigenvalue weighted by Gasteiger charge is -2.24. The smallest absolute Gasteiger partial charge is 0.414 e. The fraction of sp³-hybridized carbons (Fsp3) is 0.250. The molecule has 2 heterocycles. The maximum Gasteiger partial charge on any atom is 0.414 e. The van der Waals surface area contributed by atoms with Crippen molar-refractivity contribution in [3.05, 3.63) is 111 Å². The first-order chi connectivity index (χ1) is 22.8. The molecule has 1 unspecified atom stereocenters. The zero-order valence-corrected chi connectivity index (χ0v) is 28.4. The monoisotopic (exact) mass is 670 g/mol. The molecule has 0 saturated heterocycles. The normalized spacial score (nSPS) is 11.9. The van der Waals surface area contributed by atoms with E-state index in [0.717, 1.165) is 28.2 Å². The van der Waals surface area contributed by atoms with Gasteiger partial charge in [-0.2, -0.15) is 0 Å². The molecular formula is C36H38N4O7S. The summed E-state index contributed by atoms with van der Waals surface area (Å²) in [5.74, 6) is 0.275. The van der Waals surface area contributed by atoms with Gasteiger partial charge < -0.3 is 29.2 Å². The van der Waals surface area contributed by atoms with Crippen LogP contribution in [-0.4, -0.2) is 60.0 Å². The Morgan fingerprint density at radius 1 is 0.854 bits per heavy atom. The van der Waals surface area contributed by atoms with Crippen molar-refractivity contribution in [2.24, 2.45) is 0 Å². The first kappa shape index (κ1) is 33.9. The number of nitrogens with one attached hydrogen (secondary N) is 2. The van der Waals surface area contributed by atoms with Crippen LogP contribution in [0.5, 0.6) is 17.4 Å². The van der Waals surface area contributed by atoms with Crippen LogP contribution in [0, 0.1) is 0 Å². The zero-order valence-electron chi connectivity index (χ0n) is 27.6. The fourth-order valence-corrected chi connectivity index (χ4v) is 5.45. The molecule has 3 aromatic carbocycles. The van der Waals surface area contributed by atoms with Gasteiger partial charge in [0.2, 0.25) is 5.88 Å². The van der Waals surface area contributed by atoms with Crippen molar-refractivity contribution in [3.8, 4) is 28.6 Å². The highest BCUT2D eigenvalue weighted by Crippen LogP contribution is 2.27. The molecule has 1 atom stereocenters. The number of benzene rings is 3. The molecule has 0 spiro atoms. The Morgan fingerprint density at radius 2 is 1.54 bits per heavy atom. The molecule has 5 rings (SSSR count). The van der Waals surface area contributed by atoms with Crippen LogP contribution in [-0.2, 0) is 11.2 Å². The summed E-state index contributed by atoms with van der Waals surface area (Å²) in [5.41, 5.74) is 3.56. The molecular weight excluding hydrogens is 632 g/mol. The number of aromatic nitrogens is 2. The largest absolute Gasteiger partial charge is 0.494 e. The Labute approximate surface area is 282 Å². The minimum absolute atomic E-state index is 0.140. The number of amides is 1. The Balaban J connectivity index is 1.35. The quantitative estimate of drug-likeness (QED) is 0.103. The number of H-pyrrole nitrogens is 2. The molecule has 0 aliphatic rings. The van der Waals surface area contributed by atoms with Gasteiger partial charge in [-0.15, -0.1) is 0 Å². The van der Waals surface area contributed by atoms with Crippen molar-refractivity contribution in [2.75, 3.05) is 30.9 Å². The Kier molecular flexibility index (Phi) is 9.95. The molecule has 12 heteroatoms. The Hall–Kier alpha value is -5.49. The van der Waals surface area contributed by atoms with E-state index >= 15 is 0 Å². The summed E-state index contributed by atoms with van der Waals surface area (Å²) < 4.78 is 17.7. The van der Waals surface area contributed by atoms with Crippen molar-refractivity contribution >= 4 is 34.6 Å². The number of Topliss-reactive ketones (excluding diaryl/α,β-unsaturated/α-hetero) is 1. The van der Waals surface area contributed by atoms with Gasteiger partial charge in [-0.1, -0.05) is 41.7 Å². The van der Waals surface area contributed by atoms with E-state index in [1.54, 1.807) is 61.6 Å². The van der Waals surface area contributed by atoms with E-state index in [1.807, 2.05) is 70.1 Å². The number of ketones is 1. The summed E-state index contributed by atoms with van der Waals surface area (Å²) in [4.78, 5) is 47.1. The Bertz CT molecular complexity index is 1940. The van der Waals surface area contributed by atoms with E-state index in [9.17, 15) is 19.5 Å². The zero-order chi connectivity index (χ0) is 34.6. The van der Waals surface area contributed by atoms with Gasteiger partial charge in [0.15, 0.2) is 0 Å². The number of aromatic amines is 2. The number of aromatic hydroxyl groups is 1. The molecule has 0 aliphatic carbocycles. The van der Waals surface area contributed by atoms with Crippen LogP contribution in [0.4, 0.5) is 16.2 Å². The van der Waals surface area contributed by atoms with Gasteiger partial charge in [0, 0.05) is 50.7 Å². The SMILES string of the molecule is CN(C)c1cccc(OC(Oc2ccc(Cc3sc(=O)[nH]c3O)cc2)C(=O)c2ccc(-c3ccc(N(C)C(=O)OC(C)(C)C)cc3)[nH]2)c1. The molecule has 0 radical (unpaired) electrons. The molecule has 0 saturated carbocycles. The lowest BCUT2D eigenvalue weighted by Crippen LogP contribution is -2.34. The summed E-state index contributed by atoms with van der Waals surface area (Å²) in [6.45, 7) is 5.44. The third-order valence-electron chi connectivity index (χ3n) is 7.21. The first-order valence-electron chi connectivity index (χ1n) is 15.2. The number of nitrogens with zero attached hydrogens (tertiary/aromatic N) is 2. The highest BCUT2D eigenvalue weighted by atomic mass is 32.1. The average molecular weight is 671 g/mol. The van der Waals surface area contributed by atoms with Crippen LogP contribution in [0.2, 0.25) is 0 Å². The summed E-state index contributed by atoms with van der Waals surface area (Å²) >= 11 is 0.950. The van der Waals surface area contributed by atoms with Crippen LogP contribution < -0.4 is 24.1 Å². The summed E-state index contributed by atoms with van der Waals surface area (Å²) in [7, 11) is 5.47. The van der Waals surface area contributed by atoms with Gasteiger partial charge in [-0.25, -0.2) is 4.79 Å². The van der Waals surface area contributed by atoms with E-state index in [0.29, 0.717) is 34.2 Å². The van der Waals surface area contributed by atoms with Gasteiger partial charge in [0.05, 0.1) is 10.6 Å². The maximum absolute atomic E-state index is 13.9. The van der Waals surface area contributed by atoms with Crippen molar-refractivity contribution < 1.29 is 28.9 Å². The number of carbonyl (C=O) groups excluding carboxylic acids is 2. The average Bonchev–Trinajstić information content (AvgIpc) is 3.66. The molecule has 0 bridgehead atoms. The number of carbonyl (C=O) groups is 2. The lowest BCUT2D eigenvalue weighted by atomic mass is 10.1. The number of ether oxygens (including phenoxy) is 3. The van der Waals surface area contributed by atoms with Crippen LogP contribution in [0.3, 0.4) is 0 Å². The lowest BCUT2D eigenvalue weighted by molar-refractivity contribution is 0.0121.